The van der Waals surface area contributed by atoms with Crippen LogP contribution < -0.4 is 14.8 Å². The highest BCUT2D eigenvalue weighted by Crippen LogP contribution is 2.27. The first kappa shape index (κ1) is 20.2. The van der Waals surface area contributed by atoms with E-state index >= 15 is 0 Å². The molecule has 0 radical (unpaired) electrons. The van der Waals surface area contributed by atoms with Crippen LogP contribution in [0.1, 0.15) is 30.1 Å². The van der Waals surface area contributed by atoms with Gasteiger partial charge in [0, 0.05) is 24.8 Å². The molecule has 0 aromatic heterocycles. The Kier molecular flexibility index (Phi) is 6.21. The van der Waals surface area contributed by atoms with Gasteiger partial charge in [-0.3, -0.25) is 4.79 Å². The number of hydrogen-bond donors (Lipinski definition) is 1. The molecule has 1 N–H and O–H groups in total. The predicted molar refractivity (Wildman–Crippen MR) is 107 cm³/mol. The van der Waals surface area contributed by atoms with E-state index in [-0.39, 0.29) is 10.5 Å². The normalized spacial score (nSPS) is 14.6. The minimum absolute atomic E-state index is 0.0865. The SMILES string of the molecule is CCOc1cccc(NC(=O)c2cc(S(=O)(=O)N3CCCC3)ccc2OC)c1. The molecule has 0 unspecified atom stereocenters. The quantitative estimate of drug-likeness (QED) is 0.766. The molecule has 1 aliphatic heterocycles. The Morgan fingerprint density at radius 3 is 2.57 bits per heavy atom. The van der Waals surface area contributed by atoms with Gasteiger partial charge in [-0.15, -0.1) is 0 Å². The van der Waals surface area contributed by atoms with Gasteiger partial charge in [0.25, 0.3) is 5.91 Å². The molecule has 28 heavy (non-hydrogen) atoms. The number of amides is 1. The lowest BCUT2D eigenvalue weighted by Crippen LogP contribution is -2.28. The molecule has 8 heteroatoms. The van der Waals surface area contributed by atoms with Gasteiger partial charge in [0.1, 0.15) is 11.5 Å². The fraction of sp³-hybridized carbons (Fsp3) is 0.350. The topological polar surface area (TPSA) is 84.9 Å². The molecule has 2 aromatic carbocycles. The zero-order valence-electron chi connectivity index (χ0n) is 16.0. The zero-order chi connectivity index (χ0) is 20.1. The van der Waals surface area contributed by atoms with Gasteiger partial charge in [-0.05, 0) is 50.1 Å². The van der Waals surface area contributed by atoms with Crippen LogP contribution in [0.15, 0.2) is 47.4 Å². The van der Waals surface area contributed by atoms with Crippen molar-refractivity contribution in [2.24, 2.45) is 0 Å². The summed E-state index contributed by atoms with van der Waals surface area (Å²) in [7, 11) is -2.19. The van der Waals surface area contributed by atoms with Crippen molar-refractivity contribution in [3.05, 3.63) is 48.0 Å². The number of nitrogens with zero attached hydrogens (tertiary/aromatic N) is 1. The lowest BCUT2D eigenvalue weighted by Gasteiger charge is -2.17. The van der Waals surface area contributed by atoms with Crippen LogP contribution in [0, 0.1) is 0 Å². The number of carbonyl (C=O) groups excluding carboxylic acids is 1. The highest BCUT2D eigenvalue weighted by Gasteiger charge is 2.28. The molecular formula is C20H24N2O5S. The zero-order valence-corrected chi connectivity index (χ0v) is 16.8. The monoisotopic (exact) mass is 404 g/mol. The molecule has 2 aromatic rings. The van der Waals surface area contributed by atoms with E-state index in [2.05, 4.69) is 5.32 Å². The maximum absolute atomic E-state index is 12.8. The van der Waals surface area contributed by atoms with E-state index in [4.69, 9.17) is 9.47 Å². The number of hydrogen-bond acceptors (Lipinski definition) is 5. The van der Waals surface area contributed by atoms with Crippen LogP contribution in [0.5, 0.6) is 11.5 Å². The summed E-state index contributed by atoms with van der Waals surface area (Å²) >= 11 is 0. The largest absolute Gasteiger partial charge is 0.496 e. The van der Waals surface area contributed by atoms with Gasteiger partial charge in [0.15, 0.2) is 0 Å². The molecule has 0 saturated carbocycles. The average Bonchev–Trinajstić information content (AvgIpc) is 3.23. The number of ether oxygens (including phenoxy) is 2. The van der Waals surface area contributed by atoms with Crippen molar-refractivity contribution in [2.45, 2.75) is 24.7 Å². The second-order valence-corrected chi connectivity index (χ2v) is 8.33. The Morgan fingerprint density at radius 2 is 1.89 bits per heavy atom. The highest BCUT2D eigenvalue weighted by molar-refractivity contribution is 7.89. The molecule has 1 fully saturated rings. The van der Waals surface area contributed by atoms with E-state index in [0.29, 0.717) is 36.9 Å². The Bertz CT molecular complexity index is 953. The molecular weight excluding hydrogens is 380 g/mol. The lowest BCUT2D eigenvalue weighted by atomic mass is 10.2. The molecule has 3 rings (SSSR count). The maximum Gasteiger partial charge on any atom is 0.259 e. The first-order valence-corrected chi connectivity index (χ1v) is 10.6. The Labute approximate surface area is 165 Å². The van der Waals surface area contributed by atoms with Gasteiger partial charge in [0.2, 0.25) is 10.0 Å². The Balaban J connectivity index is 1.89. The van der Waals surface area contributed by atoms with Crippen LogP contribution in [0.2, 0.25) is 0 Å². The van der Waals surface area contributed by atoms with E-state index in [1.807, 2.05) is 6.92 Å². The highest BCUT2D eigenvalue weighted by atomic mass is 32.2. The first-order valence-electron chi connectivity index (χ1n) is 9.18. The summed E-state index contributed by atoms with van der Waals surface area (Å²) < 4.78 is 37.8. The predicted octanol–water partition coefficient (Wildman–Crippen LogP) is 3.13. The summed E-state index contributed by atoms with van der Waals surface area (Å²) in [6.45, 7) is 3.39. The number of sulfonamides is 1. The molecule has 7 nitrogen and oxygen atoms in total. The molecule has 150 valence electrons. The number of benzene rings is 2. The minimum atomic E-state index is -3.63. The van der Waals surface area contributed by atoms with Crippen LogP contribution >= 0.6 is 0 Å². The van der Waals surface area contributed by atoms with E-state index in [0.717, 1.165) is 12.8 Å². The Morgan fingerprint density at radius 1 is 1.14 bits per heavy atom. The third-order valence-corrected chi connectivity index (χ3v) is 6.42. The van der Waals surface area contributed by atoms with Crippen molar-refractivity contribution in [1.82, 2.24) is 4.31 Å². The second kappa shape index (κ2) is 8.62. The summed E-state index contributed by atoms with van der Waals surface area (Å²) in [5, 5.41) is 2.77. The van der Waals surface area contributed by atoms with Crippen molar-refractivity contribution >= 4 is 21.6 Å². The van der Waals surface area contributed by atoms with Gasteiger partial charge in [-0.25, -0.2) is 8.42 Å². The third-order valence-electron chi connectivity index (χ3n) is 4.52. The van der Waals surface area contributed by atoms with Gasteiger partial charge in [0.05, 0.1) is 24.2 Å². The van der Waals surface area contributed by atoms with Gasteiger partial charge in [-0.2, -0.15) is 4.31 Å². The van der Waals surface area contributed by atoms with Crippen LogP contribution in [-0.4, -0.2) is 45.4 Å². The standard InChI is InChI=1S/C20H24N2O5S/c1-3-27-16-8-6-7-15(13-16)21-20(23)18-14-17(9-10-19(18)26-2)28(24,25)22-11-4-5-12-22/h6-10,13-14H,3-5,11-12H2,1-2H3,(H,21,23). The minimum Gasteiger partial charge on any atom is -0.496 e. The third kappa shape index (κ3) is 4.28. The van der Waals surface area contributed by atoms with E-state index in [1.165, 1.54) is 29.6 Å². The lowest BCUT2D eigenvalue weighted by molar-refractivity contribution is 0.102. The van der Waals surface area contributed by atoms with Crippen molar-refractivity contribution in [2.75, 3.05) is 32.1 Å². The molecule has 0 aliphatic carbocycles. The summed E-state index contributed by atoms with van der Waals surface area (Å²) in [5.74, 6) is 0.487. The number of methoxy groups -OCH3 is 1. The molecule has 0 bridgehead atoms. The van der Waals surface area contributed by atoms with Crippen molar-refractivity contribution in [1.29, 1.82) is 0 Å². The summed E-state index contributed by atoms with van der Waals surface area (Å²) in [5.41, 5.74) is 0.704. The fourth-order valence-electron chi connectivity index (χ4n) is 3.13. The molecule has 1 saturated heterocycles. The summed E-state index contributed by atoms with van der Waals surface area (Å²) in [6, 6.07) is 11.4. The summed E-state index contributed by atoms with van der Waals surface area (Å²) in [4.78, 5) is 12.9. The number of rotatable bonds is 7. The molecule has 1 aliphatic rings. The van der Waals surface area contributed by atoms with Crippen molar-refractivity contribution in [3.63, 3.8) is 0 Å². The molecule has 0 spiro atoms. The van der Waals surface area contributed by atoms with Crippen LogP contribution in [0.4, 0.5) is 5.69 Å². The molecule has 1 amide bonds. The Hall–Kier alpha value is -2.58. The van der Waals surface area contributed by atoms with Gasteiger partial charge < -0.3 is 14.8 Å². The molecule has 0 atom stereocenters. The summed E-state index contributed by atoms with van der Waals surface area (Å²) in [6.07, 6.45) is 1.69. The molecule has 1 heterocycles. The number of carbonyl (C=O) groups is 1. The van der Waals surface area contributed by atoms with Crippen LogP contribution in [-0.2, 0) is 10.0 Å². The van der Waals surface area contributed by atoms with Gasteiger partial charge in [-0.1, -0.05) is 6.07 Å². The first-order chi connectivity index (χ1) is 13.5. The van der Waals surface area contributed by atoms with E-state index in [9.17, 15) is 13.2 Å². The second-order valence-electron chi connectivity index (χ2n) is 6.39. The van der Waals surface area contributed by atoms with Crippen LogP contribution in [0.3, 0.4) is 0 Å². The number of nitrogens with one attached hydrogen (secondary N) is 1. The van der Waals surface area contributed by atoms with E-state index < -0.39 is 15.9 Å². The maximum atomic E-state index is 12.8. The number of anilines is 1. The van der Waals surface area contributed by atoms with Gasteiger partial charge >= 0.3 is 0 Å². The van der Waals surface area contributed by atoms with E-state index in [1.54, 1.807) is 24.3 Å². The average molecular weight is 404 g/mol. The van der Waals surface area contributed by atoms with Crippen molar-refractivity contribution < 1.29 is 22.7 Å². The smallest absolute Gasteiger partial charge is 0.259 e. The van der Waals surface area contributed by atoms with Crippen molar-refractivity contribution in [3.8, 4) is 11.5 Å². The van der Waals surface area contributed by atoms with Crippen LogP contribution in [0.25, 0.3) is 0 Å². The fourth-order valence-corrected chi connectivity index (χ4v) is 4.68.